The third-order valence-corrected chi connectivity index (χ3v) is 1.84. The third kappa shape index (κ3) is 1.86. The van der Waals surface area contributed by atoms with Crippen molar-refractivity contribution in [2.75, 3.05) is 0 Å². The number of rotatable bonds is 2. The van der Waals surface area contributed by atoms with Crippen molar-refractivity contribution in [2.24, 2.45) is 5.73 Å². The van der Waals surface area contributed by atoms with E-state index >= 15 is 0 Å². The van der Waals surface area contributed by atoms with Gasteiger partial charge in [-0.15, -0.1) is 0 Å². The molecule has 0 bridgehead atoms. The molecule has 74 valence electrons. The molecule has 5 heteroatoms. The van der Waals surface area contributed by atoms with Crippen LogP contribution >= 0.6 is 0 Å². The monoisotopic (exact) mass is 197 g/mol. The summed E-state index contributed by atoms with van der Waals surface area (Å²) in [6.07, 6.45) is -2.67. The second-order valence-electron chi connectivity index (χ2n) is 2.78. The Bertz CT molecular complexity index is 382. The van der Waals surface area contributed by atoms with Gasteiger partial charge in [0.2, 0.25) is 0 Å². The smallest absolute Gasteiger partial charge is 0.265 e. The summed E-state index contributed by atoms with van der Waals surface area (Å²) in [4.78, 5) is 3.92. The number of alkyl halides is 2. The molecule has 0 radical (unpaired) electrons. The van der Waals surface area contributed by atoms with Crippen molar-refractivity contribution in [1.82, 2.24) is 4.98 Å². The highest BCUT2D eigenvalue weighted by Crippen LogP contribution is 2.24. The fourth-order valence-electron chi connectivity index (χ4n) is 1.19. The number of aromatic nitrogens is 1. The zero-order chi connectivity index (χ0) is 10.7. The molecule has 3 nitrogen and oxygen atoms in total. The van der Waals surface area contributed by atoms with Gasteiger partial charge >= 0.3 is 0 Å². The maximum absolute atomic E-state index is 12.5. The van der Waals surface area contributed by atoms with Crippen molar-refractivity contribution in [2.45, 2.75) is 19.9 Å². The third-order valence-electron chi connectivity index (χ3n) is 1.84. The first-order valence-electron chi connectivity index (χ1n) is 3.99. The number of hydrogen-bond acceptors (Lipinski definition) is 3. The standard InChI is InChI=1S/C9H9F2N3/c1-5-8(4-13)7(9(10)11)2-6(3-12)14-5/h2,9H,3,12H2,1H3. The number of nitrogens with two attached hydrogens (primary N) is 1. The average Bonchev–Trinajstić information content (AvgIpc) is 2.16. The minimum Gasteiger partial charge on any atom is -0.325 e. The van der Waals surface area contributed by atoms with Crippen LogP contribution in [0.25, 0.3) is 0 Å². The van der Waals surface area contributed by atoms with E-state index in [0.717, 1.165) is 0 Å². The van der Waals surface area contributed by atoms with Crippen LogP contribution in [0.5, 0.6) is 0 Å². The van der Waals surface area contributed by atoms with Gasteiger partial charge in [0, 0.05) is 12.1 Å². The zero-order valence-corrected chi connectivity index (χ0v) is 7.59. The minimum absolute atomic E-state index is 0.0581. The van der Waals surface area contributed by atoms with Crippen LogP contribution in [-0.4, -0.2) is 4.98 Å². The van der Waals surface area contributed by atoms with Crippen molar-refractivity contribution in [3.63, 3.8) is 0 Å². The first kappa shape index (κ1) is 10.5. The van der Waals surface area contributed by atoms with Crippen LogP contribution in [0.2, 0.25) is 0 Å². The summed E-state index contributed by atoms with van der Waals surface area (Å²) in [7, 11) is 0. The van der Waals surface area contributed by atoms with E-state index in [4.69, 9.17) is 11.0 Å². The van der Waals surface area contributed by atoms with Crippen molar-refractivity contribution in [1.29, 1.82) is 5.26 Å². The van der Waals surface area contributed by atoms with Crippen molar-refractivity contribution in [3.05, 3.63) is 28.6 Å². The molecule has 0 saturated carbocycles. The fourth-order valence-corrected chi connectivity index (χ4v) is 1.19. The highest BCUT2D eigenvalue weighted by atomic mass is 19.3. The van der Waals surface area contributed by atoms with Gasteiger partial charge in [0.1, 0.15) is 6.07 Å². The van der Waals surface area contributed by atoms with E-state index < -0.39 is 6.43 Å². The first-order chi connectivity index (χ1) is 6.60. The second kappa shape index (κ2) is 4.11. The lowest BCUT2D eigenvalue weighted by molar-refractivity contribution is 0.150. The number of halogens is 2. The molecule has 0 saturated heterocycles. The minimum atomic E-state index is -2.67. The van der Waals surface area contributed by atoms with Crippen LogP contribution < -0.4 is 5.73 Å². The maximum atomic E-state index is 12.5. The van der Waals surface area contributed by atoms with Crippen LogP contribution in [0, 0.1) is 18.3 Å². The largest absolute Gasteiger partial charge is 0.325 e. The summed E-state index contributed by atoms with van der Waals surface area (Å²) in [6, 6.07) is 2.89. The van der Waals surface area contributed by atoms with E-state index in [1.54, 1.807) is 6.07 Å². The van der Waals surface area contributed by atoms with Crippen molar-refractivity contribution >= 4 is 0 Å². The lowest BCUT2D eigenvalue weighted by atomic mass is 10.1. The summed E-state index contributed by atoms with van der Waals surface area (Å²) in [5, 5.41) is 8.66. The number of aryl methyl sites for hydroxylation is 1. The van der Waals surface area contributed by atoms with Gasteiger partial charge in [-0.25, -0.2) is 8.78 Å². The Kier molecular flexibility index (Phi) is 3.10. The Labute approximate surface area is 80.2 Å². The summed E-state index contributed by atoms with van der Waals surface area (Å²) in [5.41, 5.74) is 5.61. The summed E-state index contributed by atoms with van der Waals surface area (Å²) < 4.78 is 25.0. The Hall–Kier alpha value is -1.54. The molecule has 0 atom stereocenters. The quantitative estimate of drug-likeness (QED) is 0.784. The predicted molar refractivity (Wildman–Crippen MR) is 46.5 cm³/mol. The number of nitrogens with zero attached hydrogens (tertiary/aromatic N) is 2. The van der Waals surface area contributed by atoms with Gasteiger partial charge in [0.15, 0.2) is 0 Å². The molecule has 2 N–H and O–H groups in total. The molecular weight excluding hydrogens is 188 g/mol. The molecular formula is C9H9F2N3. The second-order valence-corrected chi connectivity index (χ2v) is 2.78. The number of nitriles is 1. The van der Waals surface area contributed by atoms with Crippen molar-refractivity contribution in [3.8, 4) is 6.07 Å². The number of hydrogen-bond donors (Lipinski definition) is 1. The first-order valence-corrected chi connectivity index (χ1v) is 3.99. The molecule has 0 unspecified atom stereocenters. The number of pyridine rings is 1. The van der Waals surface area contributed by atoms with Gasteiger partial charge in [-0.2, -0.15) is 5.26 Å². The van der Waals surface area contributed by atoms with Gasteiger partial charge in [-0.05, 0) is 13.0 Å². The average molecular weight is 197 g/mol. The Morgan fingerprint density at radius 3 is 2.71 bits per heavy atom. The molecule has 0 aliphatic carbocycles. The van der Waals surface area contributed by atoms with E-state index in [1.807, 2.05) is 0 Å². The van der Waals surface area contributed by atoms with Crippen LogP contribution in [0.15, 0.2) is 6.07 Å². The van der Waals surface area contributed by atoms with Gasteiger partial charge < -0.3 is 5.73 Å². The zero-order valence-electron chi connectivity index (χ0n) is 7.59. The van der Waals surface area contributed by atoms with Gasteiger partial charge in [-0.3, -0.25) is 4.98 Å². The Morgan fingerprint density at radius 2 is 2.29 bits per heavy atom. The predicted octanol–water partition coefficient (Wildman–Crippen LogP) is 1.66. The lowest BCUT2D eigenvalue weighted by Crippen LogP contribution is -2.05. The van der Waals surface area contributed by atoms with E-state index in [0.29, 0.717) is 11.4 Å². The van der Waals surface area contributed by atoms with E-state index in [2.05, 4.69) is 4.98 Å². The van der Waals surface area contributed by atoms with E-state index in [-0.39, 0.29) is 17.7 Å². The lowest BCUT2D eigenvalue weighted by Gasteiger charge is -2.07. The van der Waals surface area contributed by atoms with Crippen molar-refractivity contribution < 1.29 is 8.78 Å². The molecule has 0 fully saturated rings. The SMILES string of the molecule is Cc1nc(CN)cc(C(F)F)c1C#N. The molecule has 1 heterocycles. The van der Waals surface area contributed by atoms with Gasteiger partial charge in [0.25, 0.3) is 6.43 Å². The van der Waals surface area contributed by atoms with Crippen LogP contribution in [0.4, 0.5) is 8.78 Å². The Balaban J connectivity index is 3.37. The highest BCUT2D eigenvalue weighted by molar-refractivity contribution is 5.42. The molecule has 0 aliphatic heterocycles. The molecule has 1 rings (SSSR count). The molecule has 0 amide bonds. The van der Waals surface area contributed by atoms with E-state index in [1.165, 1.54) is 13.0 Å². The summed E-state index contributed by atoms with van der Waals surface area (Å²) >= 11 is 0. The molecule has 14 heavy (non-hydrogen) atoms. The molecule has 0 aromatic carbocycles. The van der Waals surface area contributed by atoms with E-state index in [9.17, 15) is 8.78 Å². The highest BCUT2D eigenvalue weighted by Gasteiger charge is 2.16. The summed E-state index contributed by atoms with van der Waals surface area (Å²) in [5.74, 6) is 0. The van der Waals surface area contributed by atoms with Crippen LogP contribution in [0.3, 0.4) is 0 Å². The maximum Gasteiger partial charge on any atom is 0.265 e. The molecule has 1 aromatic rings. The Morgan fingerprint density at radius 1 is 1.64 bits per heavy atom. The van der Waals surface area contributed by atoms with Crippen LogP contribution in [-0.2, 0) is 6.54 Å². The topological polar surface area (TPSA) is 62.7 Å². The molecule has 0 aliphatic rings. The van der Waals surface area contributed by atoms with Gasteiger partial charge in [0.05, 0.1) is 17.0 Å². The molecule has 0 spiro atoms. The molecule has 1 aromatic heterocycles. The summed E-state index contributed by atoms with van der Waals surface area (Å²) in [6.45, 7) is 1.61. The fraction of sp³-hybridized carbons (Fsp3) is 0.333. The van der Waals surface area contributed by atoms with Gasteiger partial charge in [-0.1, -0.05) is 0 Å². The normalized spacial score (nSPS) is 10.3. The van der Waals surface area contributed by atoms with Crippen LogP contribution in [0.1, 0.15) is 28.9 Å².